The van der Waals surface area contributed by atoms with Crippen molar-refractivity contribution in [2.24, 2.45) is 7.05 Å². The van der Waals surface area contributed by atoms with E-state index in [0.717, 1.165) is 29.6 Å². The van der Waals surface area contributed by atoms with Crippen LogP contribution in [0.25, 0.3) is 11.0 Å². The molecule has 8 heteroatoms. The first-order chi connectivity index (χ1) is 10.2. The zero-order chi connectivity index (χ0) is 14.8. The van der Waals surface area contributed by atoms with Crippen LogP contribution in [0.2, 0.25) is 5.28 Å². The molecule has 0 saturated carbocycles. The van der Waals surface area contributed by atoms with Gasteiger partial charge in [0, 0.05) is 19.4 Å². The van der Waals surface area contributed by atoms with Crippen molar-refractivity contribution >= 4 is 34.4 Å². The number of anilines is 2. The Hall–Kier alpha value is -2.28. The number of aryl methyl sites for hydroxylation is 2. The van der Waals surface area contributed by atoms with Crippen molar-refractivity contribution < 1.29 is 0 Å². The number of aromatic nitrogens is 6. The third-order valence-electron chi connectivity index (χ3n) is 3.01. The topological polar surface area (TPSA) is 81.4 Å². The van der Waals surface area contributed by atoms with Gasteiger partial charge in [0.1, 0.15) is 11.0 Å². The first-order valence-corrected chi connectivity index (χ1v) is 7.00. The zero-order valence-corrected chi connectivity index (χ0v) is 12.5. The minimum absolute atomic E-state index is 0.172. The average molecular weight is 304 g/mol. The van der Waals surface area contributed by atoms with Crippen molar-refractivity contribution in [2.75, 3.05) is 5.32 Å². The lowest BCUT2D eigenvalue weighted by atomic mass is 10.2. The molecule has 0 aliphatic rings. The van der Waals surface area contributed by atoms with Crippen molar-refractivity contribution in [3.05, 3.63) is 29.4 Å². The lowest BCUT2D eigenvalue weighted by molar-refractivity contribution is 0.753. The molecular weight excluding hydrogens is 290 g/mol. The van der Waals surface area contributed by atoms with E-state index in [1.165, 1.54) is 0 Å². The van der Waals surface area contributed by atoms with Gasteiger partial charge in [-0.2, -0.15) is 10.1 Å². The normalized spacial score (nSPS) is 11.0. The van der Waals surface area contributed by atoms with Gasteiger partial charge in [-0.15, -0.1) is 0 Å². The Morgan fingerprint density at radius 3 is 2.71 bits per heavy atom. The van der Waals surface area contributed by atoms with Crippen molar-refractivity contribution in [2.45, 2.75) is 19.8 Å². The summed E-state index contributed by atoms with van der Waals surface area (Å²) in [7, 11) is 1.86. The molecular formula is C13H14ClN7. The first-order valence-electron chi connectivity index (χ1n) is 6.62. The fourth-order valence-electron chi connectivity index (χ4n) is 2.18. The molecule has 3 heterocycles. The van der Waals surface area contributed by atoms with Gasteiger partial charge in [-0.05, 0) is 24.1 Å². The van der Waals surface area contributed by atoms with Crippen LogP contribution in [0.15, 0.2) is 18.5 Å². The van der Waals surface area contributed by atoms with Crippen LogP contribution in [0, 0.1) is 0 Å². The maximum Gasteiger partial charge on any atom is 0.228 e. The molecule has 21 heavy (non-hydrogen) atoms. The number of hydrogen-bond acceptors (Lipinski definition) is 6. The molecule has 3 rings (SSSR count). The molecule has 3 aromatic rings. The van der Waals surface area contributed by atoms with E-state index in [2.05, 4.69) is 37.3 Å². The lowest BCUT2D eigenvalue weighted by Crippen LogP contribution is -2.02. The molecule has 3 aromatic heterocycles. The highest BCUT2D eigenvalue weighted by Gasteiger charge is 2.16. The summed E-state index contributed by atoms with van der Waals surface area (Å²) in [5, 5.41) is 7.74. The summed E-state index contributed by atoms with van der Waals surface area (Å²) in [5.74, 6) is 1.00. The lowest BCUT2D eigenvalue weighted by Gasteiger charge is -2.06. The van der Waals surface area contributed by atoms with Gasteiger partial charge in [0.15, 0.2) is 5.82 Å². The van der Waals surface area contributed by atoms with Gasteiger partial charge in [-0.3, -0.25) is 4.68 Å². The summed E-state index contributed by atoms with van der Waals surface area (Å²) in [6.07, 6.45) is 5.13. The molecule has 1 N–H and O–H groups in total. The molecule has 0 fully saturated rings. The SMILES string of the molecule is CCCc1nn(C)c2c(Nc3ncccn3)nc(Cl)nc12. The van der Waals surface area contributed by atoms with E-state index >= 15 is 0 Å². The standard InChI is InChI=1S/C13H14ClN7/c1-3-5-8-9-10(21(2)20-8)11(18-12(14)17-9)19-13-15-6-4-7-16-13/h4,6-7H,3,5H2,1-2H3,(H,15,16,17,18,19). The van der Waals surface area contributed by atoms with E-state index in [0.29, 0.717) is 11.8 Å². The first kappa shape index (κ1) is 13.7. The predicted octanol–water partition coefficient (Wildman–Crippen LogP) is 2.50. The van der Waals surface area contributed by atoms with Crippen LogP contribution in [0.4, 0.5) is 11.8 Å². The molecule has 0 amide bonds. The Kier molecular flexibility index (Phi) is 3.66. The second kappa shape index (κ2) is 5.61. The van der Waals surface area contributed by atoms with Crippen molar-refractivity contribution in [3.63, 3.8) is 0 Å². The number of rotatable bonds is 4. The Balaban J connectivity index is 2.13. The number of nitrogens with one attached hydrogen (secondary N) is 1. The molecule has 0 saturated heterocycles. The summed E-state index contributed by atoms with van der Waals surface area (Å²) >= 11 is 6.03. The van der Waals surface area contributed by atoms with Crippen LogP contribution in [0.5, 0.6) is 0 Å². The van der Waals surface area contributed by atoms with Gasteiger partial charge in [-0.1, -0.05) is 13.3 Å². The maximum absolute atomic E-state index is 6.03. The van der Waals surface area contributed by atoms with Gasteiger partial charge >= 0.3 is 0 Å². The van der Waals surface area contributed by atoms with E-state index in [1.54, 1.807) is 23.1 Å². The maximum atomic E-state index is 6.03. The molecule has 7 nitrogen and oxygen atoms in total. The number of hydrogen-bond donors (Lipinski definition) is 1. The van der Waals surface area contributed by atoms with Gasteiger partial charge in [0.2, 0.25) is 11.2 Å². The number of halogens is 1. The minimum atomic E-state index is 0.172. The Bertz CT molecular complexity index is 769. The van der Waals surface area contributed by atoms with Crippen LogP contribution in [-0.2, 0) is 13.5 Å². The van der Waals surface area contributed by atoms with E-state index in [4.69, 9.17) is 11.6 Å². The quantitative estimate of drug-likeness (QED) is 0.746. The second-order valence-corrected chi connectivity index (χ2v) is 4.89. The molecule has 0 aliphatic heterocycles. The van der Waals surface area contributed by atoms with E-state index < -0.39 is 0 Å². The van der Waals surface area contributed by atoms with Gasteiger partial charge in [0.05, 0.1) is 5.69 Å². The average Bonchev–Trinajstić information content (AvgIpc) is 2.77. The molecule has 0 unspecified atom stereocenters. The van der Waals surface area contributed by atoms with Crippen LogP contribution in [0.3, 0.4) is 0 Å². The summed E-state index contributed by atoms with van der Waals surface area (Å²) in [6, 6.07) is 1.75. The van der Waals surface area contributed by atoms with Crippen molar-refractivity contribution in [1.29, 1.82) is 0 Å². The summed E-state index contributed by atoms with van der Waals surface area (Å²) in [5.41, 5.74) is 2.46. The number of nitrogens with zero attached hydrogens (tertiary/aromatic N) is 6. The third-order valence-corrected chi connectivity index (χ3v) is 3.18. The molecule has 0 bridgehead atoms. The highest BCUT2D eigenvalue weighted by molar-refractivity contribution is 6.28. The summed E-state index contributed by atoms with van der Waals surface area (Å²) < 4.78 is 1.75. The van der Waals surface area contributed by atoms with E-state index in [-0.39, 0.29) is 5.28 Å². The zero-order valence-electron chi connectivity index (χ0n) is 11.7. The highest BCUT2D eigenvalue weighted by atomic mass is 35.5. The highest BCUT2D eigenvalue weighted by Crippen LogP contribution is 2.26. The molecule has 0 atom stereocenters. The molecule has 0 spiro atoms. The Morgan fingerprint density at radius 2 is 2.00 bits per heavy atom. The van der Waals surface area contributed by atoms with Crippen LogP contribution in [-0.4, -0.2) is 29.7 Å². The van der Waals surface area contributed by atoms with Crippen molar-refractivity contribution in [1.82, 2.24) is 29.7 Å². The van der Waals surface area contributed by atoms with E-state index in [1.807, 2.05) is 7.05 Å². The largest absolute Gasteiger partial charge is 0.307 e. The second-order valence-electron chi connectivity index (χ2n) is 4.56. The predicted molar refractivity (Wildman–Crippen MR) is 80.6 cm³/mol. The minimum Gasteiger partial charge on any atom is -0.307 e. The molecule has 0 radical (unpaired) electrons. The monoisotopic (exact) mass is 303 g/mol. The fraction of sp³-hybridized carbons (Fsp3) is 0.308. The van der Waals surface area contributed by atoms with Crippen LogP contribution < -0.4 is 5.32 Å². The van der Waals surface area contributed by atoms with Gasteiger partial charge in [-0.25, -0.2) is 15.0 Å². The van der Waals surface area contributed by atoms with E-state index in [9.17, 15) is 0 Å². The Morgan fingerprint density at radius 1 is 1.24 bits per heavy atom. The van der Waals surface area contributed by atoms with Gasteiger partial charge in [0.25, 0.3) is 0 Å². The Labute approximate surface area is 126 Å². The van der Waals surface area contributed by atoms with Gasteiger partial charge < -0.3 is 5.32 Å². The van der Waals surface area contributed by atoms with Crippen LogP contribution >= 0.6 is 11.6 Å². The molecule has 0 aliphatic carbocycles. The fourth-order valence-corrected chi connectivity index (χ4v) is 2.34. The number of fused-ring (bicyclic) bond motifs is 1. The summed E-state index contributed by atoms with van der Waals surface area (Å²) in [4.78, 5) is 16.8. The molecule has 108 valence electrons. The van der Waals surface area contributed by atoms with Crippen LogP contribution in [0.1, 0.15) is 19.0 Å². The third kappa shape index (κ3) is 2.64. The molecule has 0 aromatic carbocycles. The van der Waals surface area contributed by atoms with Crippen molar-refractivity contribution in [3.8, 4) is 0 Å². The summed E-state index contributed by atoms with van der Waals surface area (Å²) in [6.45, 7) is 2.10. The smallest absolute Gasteiger partial charge is 0.228 e.